The minimum atomic E-state index is -0.289. The van der Waals surface area contributed by atoms with Crippen molar-refractivity contribution in [2.24, 2.45) is 11.7 Å². The zero-order valence-electron chi connectivity index (χ0n) is 9.74. The lowest BCUT2D eigenvalue weighted by Crippen LogP contribution is -2.47. The van der Waals surface area contributed by atoms with Gasteiger partial charge in [-0.15, -0.1) is 0 Å². The molecule has 1 fully saturated rings. The van der Waals surface area contributed by atoms with Crippen molar-refractivity contribution in [3.05, 3.63) is 0 Å². The topological polar surface area (TPSA) is 46.3 Å². The molecule has 1 aliphatic heterocycles. The van der Waals surface area contributed by atoms with Crippen LogP contribution < -0.4 is 5.73 Å². The molecule has 15 heavy (non-hydrogen) atoms. The van der Waals surface area contributed by atoms with E-state index in [4.69, 9.17) is 5.73 Å². The Bertz CT molecular complexity index is 211. The van der Waals surface area contributed by atoms with E-state index in [2.05, 4.69) is 6.92 Å². The Balaban J connectivity index is 2.37. The van der Waals surface area contributed by atoms with Gasteiger partial charge in [0.2, 0.25) is 5.91 Å². The first-order valence-electron chi connectivity index (χ1n) is 5.68. The Morgan fingerprint density at radius 1 is 1.67 bits per heavy atom. The third-order valence-corrected chi connectivity index (χ3v) is 3.56. The fourth-order valence-electron chi connectivity index (χ4n) is 1.99. The monoisotopic (exact) mass is 230 g/mol. The molecule has 0 saturated carbocycles. The fourth-order valence-corrected chi connectivity index (χ4v) is 2.48. The predicted octanol–water partition coefficient (Wildman–Crippen LogP) is 1.33. The number of nitrogens with two attached hydrogens (primary N) is 1. The van der Waals surface area contributed by atoms with E-state index in [0.29, 0.717) is 5.92 Å². The van der Waals surface area contributed by atoms with Gasteiger partial charge in [-0.1, -0.05) is 6.92 Å². The Hall–Kier alpha value is -0.220. The molecule has 0 aromatic carbocycles. The van der Waals surface area contributed by atoms with Gasteiger partial charge in [0.05, 0.1) is 6.04 Å². The molecule has 0 aromatic rings. The van der Waals surface area contributed by atoms with Crippen LogP contribution in [0.1, 0.15) is 26.2 Å². The molecule has 0 aromatic heterocycles. The predicted molar refractivity (Wildman–Crippen MR) is 66.0 cm³/mol. The highest BCUT2D eigenvalue weighted by atomic mass is 32.2. The van der Waals surface area contributed by atoms with Crippen LogP contribution in [-0.4, -0.2) is 41.9 Å². The molecular formula is C11H22N2OS. The highest BCUT2D eigenvalue weighted by molar-refractivity contribution is 7.98. The quantitative estimate of drug-likeness (QED) is 0.792. The summed E-state index contributed by atoms with van der Waals surface area (Å²) in [5.74, 6) is 1.75. The Labute approximate surface area is 96.8 Å². The maximum atomic E-state index is 11.9. The summed E-state index contributed by atoms with van der Waals surface area (Å²) in [7, 11) is 0. The van der Waals surface area contributed by atoms with Crippen LogP contribution in [0.3, 0.4) is 0 Å². The van der Waals surface area contributed by atoms with E-state index in [0.717, 1.165) is 31.7 Å². The summed E-state index contributed by atoms with van der Waals surface area (Å²) < 4.78 is 0. The van der Waals surface area contributed by atoms with Gasteiger partial charge in [-0.05, 0) is 37.2 Å². The summed E-state index contributed by atoms with van der Waals surface area (Å²) in [5.41, 5.74) is 5.88. The van der Waals surface area contributed by atoms with Gasteiger partial charge in [-0.2, -0.15) is 11.8 Å². The SMILES string of the molecule is CSCCC(N)C(=O)N1CCCC(C)C1. The molecule has 1 saturated heterocycles. The first-order valence-corrected chi connectivity index (χ1v) is 7.08. The average molecular weight is 230 g/mol. The minimum absolute atomic E-state index is 0.149. The number of amides is 1. The van der Waals surface area contributed by atoms with Crippen molar-refractivity contribution >= 4 is 17.7 Å². The first-order chi connectivity index (χ1) is 7.15. The molecule has 1 rings (SSSR count). The summed E-state index contributed by atoms with van der Waals surface area (Å²) >= 11 is 1.74. The number of rotatable bonds is 4. The molecule has 2 atom stereocenters. The number of carbonyl (C=O) groups is 1. The summed E-state index contributed by atoms with van der Waals surface area (Å²) in [6.45, 7) is 3.99. The Kier molecular flexibility index (Phi) is 5.47. The van der Waals surface area contributed by atoms with Gasteiger partial charge in [0.15, 0.2) is 0 Å². The Morgan fingerprint density at radius 3 is 3.00 bits per heavy atom. The largest absolute Gasteiger partial charge is 0.341 e. The van der Waals surface area contributed by atoms with Crippen LogP contribution >= 0.6 is 11.8 Å². The summed E-state index contributed by atoms with van der Waals surface area (Å²) in [5, 5.41) is 0. The van der Waals surface area contributed by atoms with Crippen molar-refractivity contribution in [2.45, 2.75) is 32.2 Å². The van der Waals surface area contributed by atoms with E-state index in [1.807, 2.05) is 11.2 Å². The third kappa shape index (κ3) is 4.03. The molecule has 0 radical (unpaired) electrons. The van der Waals surface area contributed by atoms with Gasteiger partial charge >= 0.3 is 0 Å². The lowest BCUT2D eigenvalue weighted by Gasteiger charge is -2.32. The fraction of sp³-hybridized carbons (Fsp3) is 0.909. The molecule has 0 aliphatic carbocycles. The third-order valence-electron chi connectivity index (χ3n) is 2.92. The van der Waals surface area contributed by atoms with E-state index < -0.39 is 0 Å². The van der Waals surface area contributed by atoms with Gasteiger partial charge in [-0.25, -0.2) is 0 Å². The highest BCUT2D eigenvalue weighted by Crippen LogP contribution is 2.16. The number of piperidine rings is 1. The van der Waals surface area contributed by atoms with Crippen LogP contribution in [0.4, 0.5) is 0 Å². The smallest absolute Gasteiger partial charge is 0.239 e. The van der Waals surface area contributed by atoms with Crippen molar-refractivity contribution in [1.82, 2.24) is 4.90 Å². The normalized spacial score (nSPS) is 23.9. The zero-order valence-corrected chi connectivity index (χ0v) is 10.6. The number of carbonyl (C=O) groups excluding carboxylic acids is 1. The lowest BCUT2D eigenvalue weighted by atomic mass is 9.99. The molecular weight excluding hydrogens is 208 g/mol. The van der Waals surface area contributed by atoms with Gasteiger partial charge in [-0.3, -0.25) is 4.79 Å². The molecule has 2 unspecified atom stereocenters. The summed E-state index contributed by atoms with van der Waals surface area (Å²) in [6.07, 6.45) is 5.21. The number of hydrogen-bond donors (Lipinski definition) is 1. The summed E-state index contributed by atoms with van der Waals surface area (Å²) in [6, 6.07) is -0.289. The molecule has 4 heteroatoms. The van der Waals surface area contributed by atoms with E-state index >= 15 is 0 Å². The molecule has 2 N–H and O–H groups in total. The summed E-state index contributed by atoms with van der Waals surface area (Å²) in [4.78, 5) is 13.9. The molecule has 0 spiro atoms. The van der Waals surface area contributed by atoms with Crippen molar-refractivity contribution in [3.63, 3.8) is 0 Å². The second-order valence-corrected chi connectivity index (χ2v) is 5.41. The molecule has 1 amide bonds. The second kappa shape index (κ2) is 6.38. The molecule has 0 bridgehead atoms. The average Bonchev–Trinajstić information content (AvgIpc) is 2.24. The van der Waals surface area contributed by atoms with Crippen LogP contribution in [0, 0.1) is 5.92 Å². The first kappa shape index (κ1) is 12.8. The standard InChI is InChI=1S/C11H22N2OS/c1-9-4-3-6-13(8-9)11(14)10(12)5-7-15-2/h9-10H,3-8,12H2,1-2H3. The van der Waals surface area contributed by atoms with Crippen LogP contribution in [0.2, 0.25) is 0 Å². The van der Waals surface area contributed by atoms with Crippen molar-refractivity contribution in [2.75, 3.05) is 25.1 Å². The van der Waals surface area contributed by atoms with Crippen molar-refractivity contribution in [1.29, 1.82) is 0 Å². The lowest BCUT2D eigenvalue weighted by molar-refractivity contribution is -0.134. The van der Waals surface area contributed by atoms with E-state index in [9.17, 15) is 4.79 Å². The number of hydrogen-bond acceptors (Lipinski definition) is 3. The Morgan fingerprint density at radius 2 is 2.40 bits per heavy atom. The van der Waals surface area contributed by atoms with Gasteiger partial charge in [0, 0.05) is 13.1 Å². The van der Waals surface area contributed by atoms with E-state index in [1.54, 1.807) is 11.8 Å². The van der Waals surface area contributed by atoms with Crippen molar-refractivity contribution < 1.29 is 4.79 Å². The van der Waals surface area contributed by atoms with Crippen LogP contribution in [0.15, 0.2) is 0 Å². The van der Waals surface area contributed by atoms with Gasteiger partial charge in [0.25, 0.3) is 0 Å². The molecule has 1 heterocycles. The number of nitrogens with zero attached hydrogens (tertiary/aromatic N) is 1. The van der Waals surface area contributed by atoms with Gasteiger partial charge < -0.3 is 10.6 Å². The van der Waals surface area contributed by atoms with Crippen molar-refractivity contribution in [3.8, 4) is 0 Å². The number of likely N-dealkylation sites (tertiary alicyclic amines) is 1. The molecule has 88 valence electrons. The van der Waals surface area contributed by atoms with E-state index in [1.165, 1.54) is 6.42 Å². The molecule has 1 aliphatic rings. The maximum absolute atomic E-state index is 11.9. The molecule has 3 nitrogen and oxygen atoms in total. The van der Waals surface area contributed by atoms with Gasteiger partial charge in [0.1, 0.15) is 0 Å². The highest BCUT2D eigenvalue weighted by Gasteiger charge is 2.24. The van der Waals surface area contributed by atoms with Crippen LogP contribution in [0.5, 0.6) is 0 Å². The minimum Gasteiger partial charge on any atom is -0.341 e. The number of thioether (sulfide) groups is 1. The maximum Gasteiger partial charge on any atom is 0.239 e. The zero-order chi connectivity index (χ0) is 11.3. The van der Waals surface area contributed by atoms with Crippen LogP contribution in [0.25, 0.3) is 0 Å². The van der Waals surface area contributed by atoms with Crippen LogP contribution in [-0.2, 0) is 4.79 Å². The van der Waals surface area contributed by atoms with E-state index in [-0.39, 0.29) is 11.9 Å². The second-order valence-electron chi connectivity index (χ2n) is 4.42.